The Labute approximate surface area is 140 Å². The number of hydrogen-bond acceptors (Lipinski definition) is 3. The van der Waals surface area contributed by atoms with Gasteiger partial charge in [0, 0.05) is 31.4 Å². The van der Waals surface area contributed by atoms with E-state index in [2.05, 4.69) is 16.0 Å². The molecule has 3 rings (SSSR count). The van der Waals surface area contributed by atoms with Crippen molar-refractivity contribution in [1.29, 1.82) is 0 Å². The number of rotatable bonds is 6. The van der Waals surface area contributed by atoms with Gasteiger partial charge in [-0.25, -0.2) is 9.18 Å². The maximum atomic E-state index is 12.8. The van der Waals surface area contributed by atoms with E-state index < -0.39 is 0 Å². The molecule has 1 aliphatic carbocycles. The minimum absolute atomic E-state index is 0.0154. The fourth-order valence-corrected chi connectivity index (χ4v) is 2.82. The molecule has 0 aromatic heterocycles. The Morgan fingerprint density at radius 2 is 1.92 bits per heavy atom. The monoisotopic (exact) mass is 334 g/mol. The van der Waals surface area contributed by atoms with Crippen LogP contribution in [0.1, 0.15) is 19.3 Å². The van der Waals surface area contributed by atoms with Crippen molar-refractivity contribution in [2.24, 2.45) is 5.92 Å². The largest absolute Gasteiger partial charge is 0.355 e. The van der Waals surface area contributed by atoms with Gasteiger partial charge in [-0.2, -0.15) is 0 Å². The molecule has 1 atom stereocenters. The summed E-state index contributed by atoms with van der Waals surface area (Å²) in [7, 11) is 0. The SMILES string of the molecule is O=C(CN1CC[C@@H](NC(=O)Nc2ccc(F)cc2)C1)NCC1CC1. The van der Waals surface area contributed by atoms with Gasteiger partial charge >= 0.3 is 6.03 Å². The maximum Gasteiger partial charge on any atom is 0.319 e. The molecule has 1 heterocycles. The lowest BCUT2D eigenvalue weighted by atomic mass is 10.3. The molecule has 1 saturated carbocycles. The molecule has 6 nitrogen and oxygen atoms in total. The molecule has 1 saturated heterocycles. The lowest BCUT2D eigenvalue weighted by Crippen LogP contribution is -2.41. The van der Waals surface area contributed by atoms with Crippen LogP contribution in [0.3, 0.4) is 0 Å². The molecule has 3 amide bonds. The van der Waals surface area contributed by atoms with Crippen LogP contribution in [0.4, 0.5) is 14.9 Å². The summed E-state index contributed by atoms with van der Waals surface area (Å²) in [5.74, 6) is 0.391. The van der Waals surface area contributed by atoms with Crippen LogP contribution in [0.2, 0.25) is 0 Å². The zero-order chi connectivity index (χ0) is 16.9. The van der Waals surface area contributed by atoms with Gasteiger partial charge in [0.25, 0.3) is 0 Å². The minimum atomic E-state index is -0.340. The molecule has 1 aromatic carbocycles. The maximum absolute atomic E-state index is 12.8. The first-order chi connectivity index (χ1) is 11.6. The first-order valence-electron chi connectivity index (χ1n) is 8.40. The summed E-state index contributed by atoms with van der Waals surface area (Å²) in [5, 5.41) is 8.52. The fraction of sp³-hybridized carbons (Fsp3) is 0.529. The second-order valence-electron chi connectivity index (χ2n) is 6.57. The van der Waals surface area contributed by atoms with Crippen LogP contribution in [0, 0.1) is 11.7 Å². The lowest BCUT2D eigenvalue weighted by Gasteiger charge is -2.16. The Hall–Kier alpha value is -2.15. The van der Waals surface area contributed by atoms with E-state index in [1.807, 2.05) is 4.90 Å². The number of carbonyl (C=O) groups is 2. The number of amides is 3. The number of urea groups is 1. The highest BCUT2D eigenvalue weighted by Gasteiger charge is 2.26. The van der Waals surface area contributed by atoms with Crippen LogP contribution in [-0.4, -0.2) is 49.1 Å². The van der Waals surface area contributed by atoms with E-state index in [9.17, 15) is 14.0 Å². The number of anilines is 1. The molecule has 0 radical (unpaired) electrons. The van der Waals surface area contributed by atoms with Crippen molar-refractivity contribution in [3.8, 4) is 0 Å². The van der Waals surface area contributed by atoms with Crippen LogP contribution < -0.4 is 16.0 Å². The van der Waals surface area contributed by atoms with E-state index in [4.69, 9.17) is 0 Å². The molecule has 24 heavy (non-hydrogen) atoms. The number of nitrogens with zero attached hydrogens (tertiary/aromatic N) is 1. The topological polar surface area (TPSA) is 73.5 Å². The Morgan fingerprint density at radius 1 is 1.17 bits per heavy atom. The van der Waals surface area contributed by atoms with Gasteiger partial charge in [0.15, 0.2) is 0 Å². The van der Waals surface area contributed by atoms with E-state index in [1.54, 1.807) is 0 Å². The van der Waals surface area contributed by atoms with E-state index in [-0.39, 0.29) is 23.8 Å². The number of nitrogens with one attached hydrogen (secondary N) is 3. The Balaban J connectivity index is 1.36. The summed E-state index contributed by atoms with van der Waals surface area (Å²) < 4.78 is 12.8. The van der Waals surface area contributed by atoms with E-state index in [1.165, 1.54) is 37.1 Å². The third-order valence-electron chi connectivity index (χ3n) is 4.36. The number of benzene rings is 1. The molecular weight excluding hydrogens is 311 g/mol. The fourth-order valence-electron chi connectivity index (χ4n) is 2.82. The third kappa shape index (κ3) is 5.19. The normalized spacial score (nSPS) is 20.6. The standard InChI is InChI=1S/C17H23FN4O2/c18-13-3-5-14(6-4-13)20-17(24)21-15-7-8-22(10-15)11-16(23)19-9-12-1-2-12/h3-6,12,15H,1-2,7-11H2,(H,19,23)(H2,20,21,24)/t15-/m1/s1. The van der Waals surface area contributed by atoms with Crippen molar-refractivity contribution < 1.29 is 14.0 Å². The Kier molecular flexibility index (Phi) is 5.30. The van der Waals surface area contributed by atoms with E-state index >= 15 is 0 Å². The molecule has 1 aromatic rings. The first kappa shape index (κ1) is 16.7. The van der Waals surface area contributed by atoms with Crippen LogP contribution in [0.15, 0.2) is 24.3 Å². The van der Waals surface area contributed by atoms with Gasteiger partial charge in [-0.05, 0) is 49.4 Å². The molecule has 2 fully saturated rings. The molecule has 0 bridgehead atoms. The van der Waals surface area contributed by atoms with Gasteiger partial charge in [0.05, 0.1) is 6.54 Å². The van der Waals surface area contributed by atoms with Gasteiger partial charge in [-0.3, -0.25) is 9.69 Å². The van der Waals surface area contributed by atoms with E-state index in [0.29, 0.717) is 24.7 Å². The predicted molar refractivity (Wildman–Crippen MR) is 89.1 cm³/mol. The van der Waals surface area contributed by atoms with Crippen molar-refractivity contribution >= 4 is 17.6 Å². The average molecular weight is 334 g/mol. The summed E-state index contributed by atoms with van der Waals surface area (Å²) in [5.41, 5.74) is 0.545. The molecule has 7 heteroatoms. The first-order valence-corrected chi connectivity index (χ1v) is 8.40. The smallest absolute Gasteiger partial charge is 0.319 e. The molecule has 1 aliphatic heterocycles. The summed E-state index contributed by atoms with van der Waals surface area (Å²) in [6.07, 6.45) is 3.26. The van der Waals surface area contributed by atoms with Crippen molar-refractivity contribution in [2.45, 2.75) is 25.3 Å². The van der Waals surface area contributed by atoms with Crippen molar-refractivity contribution in [3.05, 3.63) is 30.1 Å². The summed E-state index contributed by atoms with van der Waals surface area (Å²) in [6, 6.07) is 5.33. The zero-order valence-electron chi connectivity index (χ0n) is 13.6. The van der Waals surface area contributed by atoms with Gasteiger partial charge in [-0.15, -0.1) is 0 Å². The minimum Gasteiger partial charge on any atom is -0.355 e. The lowest BCUT2D eigenvalue weighted by molar-refractivity contribution is -0.122. The van der Waals surface area contributed by atoms with Crippen LogP contribution in [0.25, 0.3) is 0 Å². The second kappa shape index (κ2) is 7.61. The van der Waals surface area contributed by atoms with Crippen molar-refractivity contribution in [2.75, 3.05) is 31.5 Å². The molecular formula is C17H23FN4O2. The summed E-state index contributed by atoms with van der Waals surface area (Å²) in [6.45, 7) is 2.62. The number of likely N-dealkylation sites (tertiary alicyclic amines) is 1. The highest BCUT2D eigenvalue weighted by atomic mass is 19.1. The van der Waals surface area contributed by atoms with Gasteiger partial charge in [0.2, 0.25) is 5.91 Å². The number of halogens is 1. The second-order valence-corrected chi connectivity index (χ2v) is 6.57. The van der Waals surface area contributed by atoms with Gasteiger partial charge in [0.1, 0.15) is 5.82 Å². The highest BCUT2D eigenvalue weighted by molar-refractivity contribution is 5.89. The summed E-state index contributed by atoms with van der Waals surface area (Å²) >= 11 is 0. The number of hydrogen-bond donors (Lipinski definition) is 3. The Morgan fingerprint density at radius 3 is 2.62 bits per heavy atom. The summed E-state index contributed by atoms with van der Waals surface area (Å²) in [4.78, 5) is 25.8. The van der Waals surface area contributed by atoms with Gasteiger partial charge < -0.3 is 16.0 Å². The van der Waals surface area contributed by atoms with Crippen LogP contribution in [0.5, 0.6) is 0 Å². The average Bonchev–Trinajstić information content (AvgIpc) is 3.28. The van der Waals surface area contributed by atoms with Gasteiger partial charge in [-0.1, -0.05) is 0 Å². The molecule has 2 aliphatic rings. The number of carbonyl (C=O) groups excluding carboxylic acids is 2. The van der Waals surface area contributed by atoms with E-state index in [0.717, 1.165) is 19.5 Å². The molecule has 0 spiro atoms. The third-order valence-corrected chi connectivity index (χ3v) is 4.36. The highest BCUT2D eigenvalue weighted by Crippen LogP contribution is 2.27. The predicted octanol–water partition coefficient (Wildman–Crippen LogP) is 1.55. The molecule has 3 N–H and O–H groups in total. The van der Waals surface area contributed by atoms with Crippen LogP contribution in [-0.2, 0) is 4.79 Å². The molecule has 130 valence electrons. The molecule has 0 unspecified atom stereocenters. The quantitative estimate of drug-likeness (QED) is 0.739. The van der Waals surface area contributed by atoms with Crippen molar-refractivity contribution in [1.82, 2.24) is 15.5 Å². The van der Waals surface area contributed by atoms with Crippen LogP contribution >= 0.6 is 0 Å². The zero-order valence-corrected chi connectivity index (χ0v) is 13.6. The van der Waals surface area contributed by atoms with Crippen molar-refractivity contribution in [3.63, 3.8) is 0 Å². The Bertz CT molecular complexity index is 589.